The Morgan fingerprint density at radius 2 is 2.30 bits per heavy atom. The number of rotatable bonds is 6. The maximum absolute atomic E-state index is 6.10. The van der Waals surface area contributed by atoms with E-state index >= 15 is 0 Å². The van der Waals surface area contributed by atoms with Gasteiger partial charge in [0.25, 0.3) is 0 Å². The van der Waals surface area contributed by atoms with E-state index in [9.17, 15) is 0 Å². The predicted octanol–water partition coefficient (Wildman–Crippen LogP) is 2.53. The molecule has 0 spiro atoms. The Balaban J connectivity index is 2.12. The van der Waals surface area contributed by atoms with Crippen LogP contribution in [-0.2, 0) is 11.2 Å². The minimum absolute atomic E-state index is 0.145. The van der Waals surface area contributed by atoms with Gasteiger partial charge in [-0.25, -0.2) is 0 Å². The van der Waals surface area contributed by atoms with E-state index in [0.29, 0.717) is 6.61 Å². The zero-order chi connectivity index (χ0) is 14.4. The normalized spacial score (nSPS) is 20.4. The Kier molecular flexibility index (Phi) is 5.68. The van der Waals surface area contributed by atoms with Crippen LogP contribution in [0, 0.1) is 0 Å². The molecule has 20 heavy (non-hydrogen) atoms. The van der Waals surface area contributed by atoms with Crippen molar-refractivity contribution in [1.29, 1.82) is 0 Å². The highest BCUT2D eigenvalue weighted by atomic mass is 16.5. The fraction of sp³-hybridized carbons (Fsp3) is 0.625. The summed E-state index contributed by atoms with van der Waals surface area (Å²) in [7, 11) is 1.67. The summed E-state index contributed by atoms with van der Waals surface area (Å²) in [6.07, 6.45) is 4.00. The van der Waals surface area contributed by atoms with Crippen LogP contribution in [0.2, 0.25) is 0 Å². The molecule has 4 heteroatoms. The van der Waals surface area contributed by atoms with Crippen molar-refractivity contribution >= 4 is 0 Å². The molecule has 0 radical (unpaired) electrons. The Morgan fingerprint density at radius 3 is 2.95 bits per heavy atom. The van der Waals surface area contributed by atoms with Crippen LogP contribution in [0.5, 0.6) is 11.5 Å². The van der Waals surface area contributed by atoms with E-state index in [1.54, 1.807) is 7.11 Å². The van der Waals surface area contributed by atoms with E-state index in [4.69, 9.17) is 19.9 Å². The van der Waals surface area contributed by atoms with Crippen molar-refractivity contribution in [2.45, 2.75) is 44.8 Å². The van der Waals surface area contributed by atoms with E-state index in [0.717, 1.165) is 49.4 Å². The lowest BCUT2D eigenvalue weighted by Gasteiger charge is -2.25. The average molecular weight is 279 g/mol. The van der Waals surface area contributed by atoms with Gasteiger partial charge in [-0.3, -0.25) is 0 Å². The molecular weight excluding hydrogens is 254 g/mol. The maximum atomic E-state index is 6.10. The molecule has 1 aromatic rings. The van der Waals surface area contributed by atoms with Gasteiger partial charge >= 0.3 is 0 Å². The van der Waals surface area contributed by atoms with Crippen LogP contribution in [-0.4, -0.2) is 32.5 Å². The highest BCUT2D eigenvalue weighted by Gasteiger charge is 2.18. The first-order valence-corrected chi connectivity index (χ1v) is 7.39. The number of nitrogens with two attached hydrogens (primary N) is 1. The van der Waals surface area contributed by atoms with Crippen LogP contribution < -0.4 is 15.2 Å². The second kappa shape index (κ2) is 7.50. The monoisotopic (exact) mass is 279 g/mol. The summed E-state index contributed by atoms with van der Waals surface area (Å²) in [5.74, 6) is 1.75. The average Bonchev–Trinajstić information content (AvgIpc) is 2.50. The lowest BCUT2D eigenvalue weighted by atomic mass is 10.0. The van der Waals surface area contributed by atoms with Crippen molar-refractivity contribution < 1.29 is 14.2 Å². The zero-order valence-electron chi connectivity index (χ0n) is 12.4. The molecule has 2 atom stereocenters. The third-order valence-corrected chi connectivity index (χ3v) is 3.69. The SMILES string of the molecule is CCC(N)Cc1cc(OC)ccc1OC1CCCOC1. The molecule has 2 N–H and O–H groups in total. The molecule has 1 aromatic carbocycles. The fourth-order valence-corrected chi connectivity index (χ4v) is 2.37. The highest BCUT2D eigenvalue weighted by Crippen LogP contribution is 2.27. The van der Waals surface area contributed by atoms with Crippen LogP contribution in [0.4, 0.5) is 0 Å². The Hall–Kier alpha value is -1.26. The molecule has 1 aliphatic rings. The van der Waals surface area contributed by atoms with Crippen molar-refractivity contribution in [1.82, 2.24) is 0 Å². The molecule has 2 unspecified atom stereocenters. The first-order valence-electron chi connectivity index (χ1n) is 7.39. The van der Waals surface area contributed by atoms with E-state index in [1.165, 1.54) is 0 Å². The number of hydrogen-bond donors (Lipinski definition) is 1. The van der Waals surface area contributed by atoms with Gasteiger partial charge in [0.15, 0.2) is 0 Å². The summed E-state index contributed by atoms with van der Waals surface area (Å²) in [5.41, 5.74) is 7.19. The predicted molar refractivity (Wildman–Crippen MR) is 79.4 cm³/mol. The van der Waals surface area contributed by atoms with Crippen LogP contribution in [0.15, 0.2) is 18.2 Å². The summed E-state index contributed by atoms with van der Waals surface area (Å²) < 4.78 is 16.9. The van der Waals surface area contributed by atoms with Gasteiger partial charge in [-0.2, -0.15) is 0 Å². The molecule has 0 amide bonds. The molecule has 0 saturated carbocycles. The summed E-state index contributed by atoms with van der Waals surface area (Å²) in [6.45, 7) is 3.61. The first kappa shape index (κ1) is 15.1. The van der Waals surface area contributed by atoms with Gasteiger partial charge < -0.3 is 19.9 Å². The summed E-state index contributed by atoms with van der Waals surface area (Å²) in [4.78, 5) is 0. The largest absolute Gasteiger partial charge is 0.497 e. The van der Waals surface area contributed by atoms with E-state index in [2.05, 4.69) is 6.92 Å². The molecule has 112 valence electrons. The van der Waals surface area contributed by atoms with Gasteiger partial charge in [0.1, 0.15) is 17.6 Å². The van der Waals surface area contributed by atoms with Crippen LogP contribution in [0.25, 0.3) is 0 Å². The van der Waals surface area contributed by atoms with Gasteiger partial charge in [0, 0.05) is 12.6 Å². The number of ether oxygens (including phenoxy) is 3. The quantitative estimate of drug-likeness (QED) is 0.869. The molecule has 2 rings (SSSR count). The lowest BCUT2D eigenvalue weighted by Crippen LogP contribution is -2.29. The number of hydrogen-bond acceptors (Lipinski definition) is 4. The fourth-order valence-electron chi connectivity index (χ4n) is 2.37. The van der Waals surface area contributed by atoms with E-state index in [-0.39, 0.29) is 12.1 Å². The Bertz CT molecular complexity index is 416. The van der Waals surface area contributed by atoms with Crippen LogP contribution >= 0.6 is 0 Å². The van der Waals surface area contributed by atoms with Gasteiger partial charge in [0.05, 0.1) is 13.7 Å². The van der Waals surface area contributed by atoms with Crippen LogP contribution in [0.1, 0.15) is 31.7 Å². The molecule has 1 aliphatic heterocycles. The summed E-state index contributed by atoms with van der Waals surface area (Å²) >= 11 is 0. The highest BCUT2D eigenvalue weighted by molar-refractivity contribution is 5.41. The number of benzene rings is 1. The van der Waals surface area contributed by atoms with Crippen molar-refractivity contribution in [3.63, 3.8) is 0 Å². The molecule has 1 heterocycles. The van der Waals surface area contributed by atoms with Crippen molar-refractivity contribution in [2.24, 2.45) is 5.73 Å². The molecular formula is C16H25NO3. The van der Waals surface area contributed by atoms with E-state index in [1.807, 2.05) is 18.2 Å². The third kappa shape index (κ3) is 4.12. The second-order valence-corrected chi connectivity index (χ2v) is 5.30. The molecule has 1 saturated heterocycles. The van der Waals surface area contributed by atoms with Gasteiger partial charge in [-0.1, -0.05) is 6.92 Å². The smallest absolute Gasteiger partial charge is 0.123 e. The standard InChI is InChI=1S/C16H25NO3/c1-3-13(17)9-12-10-14(18-2)6-7-16(12)20-15-5-4-8-19-11-15/h6-7,10,13,15H,3-5,8-9,11,17H2,1-2H3. The molecule has 0 bridgehead atoms. The Morgan fingerprint density at radius 1 is 1.45 bits per heavy atom. The first-order chi connectivity index (χ1) is 9.72. The van der Waals surface area contributed by atoms with Crippen LogP contribution in [0.3, 0.4) is 0 Å². The van der Waals surface area contributed by atoms with Gasteiger partial charge in [0.2, 0.25) is 0 Å². The lowest BCUT2D eigenvalue weighted by molar-refractivity contribution is 0.00699. The molecule has 1 fully saturated rings. The Labute approximate surface area is 121 Å². The topological polar surface area (TPSA) is 53.7 Å². The van der Waals surface area contributed by atoms with Gasteiger partial charge in [-0.05, 0) is 49.4 Å². The minimum Gasteiger partial charge on any atom is -0.497 e. The molecule has 4 nitrogen and oxygen atoms in total. The zero-order valence-corrected chi connectivity index (χ0v) is 12.4. The third-order valence-electron chi connectivity index (χ3n) is 3.69. The molecule has 0 aromatic heterocycles. The number of methoxy groups -OCH3 is 1. The van der Waals surface area contributed by atoms with Crippen molar-refractivity contribution in [2.75, 3.05) is 20.3 Å². The van der Waals surface area contributed by atoms with Crippen molar-refractivity contribution in [3.05, 3.63) is 23.8 Å². The van der Waals surface area contributed by atoms with E-state index < -0.39 is 0 Å². The van der Waals surface area contributed by atoms with Gasteiger partial charge in [-0.15, -0.1) is 0 Å². The molecule has 0 aliphatic carbocycles. The second-order valence-electron chi connectivity index (χ2n) is 5.30. The maximum Gasteiger partial charge on any atom is 0.123 e. The summed E-state index contributed by atoms with van der Waals surface area (Å²) in [5, 5.41) is 0. The minimum atomic E-state index is 0.145. The summed E-state index contributed by atoms with van der Waals surface area (Å²) in [6, 6.07) is 6.08. The van der Waals surface area contributed by atoms with Crippen molar-refractivity contribution in [3.8, 4) is 11.5 Å².